The van der Waals surface area contributed by atoms with Gasteiger partial charge in [0.15, 0.2) is 0 Å². The summed E-state index contributed by atoms with van der Waals surface area (Å²) < 4.78 is 0. The average molecular weight is 245 g/mol. The second kappa shape index (κ2) is 5.27. The van der Waals surface area contributed by atoms with E-state index < -0.39 is 0 Å². The SMILES string of the molecule is CNCC1CCN(c2ccc3c(n2)CCC3)CC1. The van der Waals surface area contributed by atoms with Crippen LogP contribution in [0.2, 0.25) is 0 Å². The van der Waals surface area contributed by atoms with Crippen molar-refractivity contribution in [2.75, 3.05) is 31.6 Å². The highest BCUT2D eigenvalue weighted by Crippen LogP contribution is 2.26. The topological polar surface area (TPSA) is 28.2 Å². The summed E-state index contributed by atoms with van der Waals surface area (Å²) in [4.78, 5) is 7.32. The lowest BCUT2D eigenvalue weighted by atomic mass is 9.97. The molecule has 1 fully saturated rings. The molecule has 0 radical (unpaired) electrons. The van der Waals surface area contributed by atoms with Gasteiger partial charge in [-0.3, -0.25) is 0 Å². The third-order valence-corrected chi connectivity index (χ3v) is 4.34. The first-order valence-corrected chi connectivity index (χ1v) is 7.25. The van der Waals surface area contributed by atoms with Crippen LogP contribution < -0.4 is 10.2 Å². The predicted molar refractivity (Wildman–Crippen MR) is 75.1 cm³/mol. The van der Waals surface area contributed by atoms with Gasteiger partial charge >= 0.3 is 0 Å². The number of nitrogens with one attached hydrogen (secondary N) is 1. The minimum atomic E-state index is 0.848. The van der Waals surface area contributed by atoms with Gasteiger partial charge in [-0.25, -0.2) is 4.98 Å². The molecule has 1 aliphatic heterocycles. The fourth-order valence-electron chi connectivity index (χ4n) is 3.24. The van der Waals surface area contributed by atoms with E-state index in [-0.39, 0.29) is 0 Å². The molecule has 0 saturated carbocycles. The molecule has 0 atom stereocenters. The first-order valence-electron chi connectivity index (χ1n) is 7.25. The monoisotopic (exact) mass is 245 g/mol. The number of rotatable bonds is 3. The minimum Gasteiger partial charge on any atom is -0.357 e. The molecule has 98 valence electrons. The van der Waals surface area contributed by atoms with Gasteiger partial charge in [0.2, 0.25) is 0 Å². The Morgan fingerprint density at radius 1 is 1.28 bits per heavy atom. The Morgan fingerprint density at radius 3 is 2.89 bits per heavy atom. The summed E-state index contributed by atoms with van der Waals surface area (Å²) in [7, 11) is 2.05. The summed E-state index contributed by atoms with van der Waals surface area (Å²) in [6, 6.07) is 4.52. The number of nitrogens with zero attached hydrogens (tertiary/aromatic N) is 2. The van der Waals surface area contributed by atoms with Gasteiger partial charge in [-0.05, 0) is 63.2 Å². The fraction of sp³-hybridized carbons (Fsp3) is 0.667. The molecule has 2 aliphatic rings. The van der Waals surface area contributed by atoms with Crippen LogP contribution in [0.25, 0.3) is 0 Å². The molecule has 0 spiro atoms. The van der Waals surface area contributed by atoms with Crippen LogP contribution >= 0.6 is 0 Å². The van der Waals surface area contributed by atoms with Crippen molar-refractivity contribution in [1.29, 1.82) is 0 Å². The maximum Gasteiger partial charge on any atom is 0.128 e. The largest absolute Gasteiger partial charge is 0.357 e. The van der Waals surface area contributed by atoms with Gasteiger partial charge in [0, 0.05) is 18.8 Å². The normalized spacial score (nSPS) is 20.2. The number of anilines is 1. The molecule has 1 N–H and O–H groups in total. The molecule has 0 unspecified atom stereocenters. The third-order valence-electron chi connectivity index (χ3n) is 4.34. The summed E-state index contributed by atoms with van der Waals surface area (Å²) in [5, 5.41) is 3.29. The van der Waals surface area contributed by atoms with Crippen LogP contribution in [-0.2, 0) is 12.8 Å². The summed E-state index contributed by atoms with van der Waals surface area (Å²) in [6.45, 7) is 3.49. The number of hydrogen-bond acceptors (Lipinski definition) is 3. The van der Waals surface area contributed by atoms with Gasteiger partial charge in [0.05, 0.1) is 0 Å². The highest BCUT2D eigenvalue weighted by atomic mass is 15.2. The molecule has 1 aliphatic carbocycles. The van der Waals surface area contributed by atoms with Gasteiger partial charge in [0.1, 0.15) is 5.82 Å². The molecule has 3 nitrogen and oxygen atoms in total. The van der Waals surface area contributed by atoms with Crippen LogP contribution in [0.4, 0.5) is 5.82 Å². The van der Waals surface area contributed by atoms with E-state index in [2.05, 4.69) is 29.4 Å². The lowest BCUT2D eigenvalue weighted by Gasteiger charge is -2.33. The first kappa shape index (κ1) is 12.0. The molecular weight excluding hydrogens is 222 g/mol. The first-order chi connectivity index (χ1) is 8.86. The Morgan fingerprint density at radius 2 is 2.11 bits per heavy atom. The van der Waals surface area contributed by atoms with Crippen molar-refractivity contribution in [1.82, 2.24) is 10.3 Å². The molecular formula is C15H23N3. The van der Waals surface area contributed by atoms with Crippen LogP contribution in [0, 0.1) is 5.92 Å². The second-order valence-corrected chi connectivity index (χ2v) is 5.62. The summed E-state index contributed by atoms with van der Waals surface area (Å²) in [5.41, 5.74) is 2.83. The van der Waals surface area contributed by atoms with Crippen LogP contribution in [-0.4, -0.2) is 31.7 Å². The standard InChI is InChI=1S/C15H23N3/c1-16-11-12-7-9-18(10-8-12)15-6-5-13-3-2-4-14(13)17-15/h5-6,12,16H,2-4,7-11H2,1H3. The minimum absolute atomic E-state index is 0.848. The van der Waals surface area contributed by atoms with Crippen LogP contribution in [0.1, 0.15) is 30.5 Å². The van der Waals surface area contributed by atoms with Gasteiger partial charge in [-0.2, -0.15) is 0 Å². The van der Waals surface area contributed by atoms with Crippen molar-refractivity contribution in [2.45, 2.75) is 32.1 Å². The van der Waals surface area contributed by atoms with E-state index in [9.17, 15) is 0 Å². The van der Waals surface area contributed by atoms with E-state index in [0.717, 1.165) is 25.6 Å². The van der Waals surface area contributed by atoms with E-state index in [0.29, 0.717) is 0 Å². The highest BCUT2D eigenvalue weighted by Gasteiger charge is 2.21. The van der Waals surface area contributed by atoms with Crippen LogP contribution in [0.15, 0.2) is 12.1 Å². The fourth-order valence-corrected chi connectivity index (χ4v) is 3.24. The molecule has 0 bridgehead atoms. The van der Waals surface area contributed by atoms with Crippen molar-refractivity contribution in [2.24, 2.45) is 5.92 Å². The van der Waals surface area contributed by atoms with E-state index >= 15 is 0 Å². The molecule has 1 saturated heterocycles. The third kappa shape index (κ3) is 2.37. The van der Waals surface area contributed by atoms with Crippen LogP contribution in [0.3, 0.4) is 0 Å². The Bertz CT molecular complexity index is 408. The van der Waals surface area contributed by atoms with E-state index in [1.54, 1.807) is 0 Å². The Hall–Kier alpha value is -1.09. The highest BCUT2D eigenvalue weighted by molar-refractivity contribution is 5.43. The number of aromatic nitrogens is 1. The molecule has 0 aromatic carbocycles. The van der Waals surface area contributed by atoms with Crippen molar-refractivity contribution in [3.8, 4) is 0 Å². The quantitative estimate of drug-likeness (QED) is 0.883. The molecule has 1 aromatic heterocycles. The maximum atomic E-state index is 4.86. The van der Waals surface area contributed by atoms with Crippen molar-refractivity contribution in [3.63, 3.8) is 0 Å². The Kier molecular flexibility index (Phi) is 3.50. The molecule has 1 aromatic rings. The number of piperidine rings is 1. The number of hydrogen-bond donors (Lipinski definition) is 1. The summed E-state index contributed by atoms with van der Waals surface area (Å²) >= 11 is 0. The van der Waals surface area contributed by atoms with Gasteiger partial charge in [0.25, 0.3) is 0 Å². The van der Waals surface area contributed by atoms with Gasteiger partial charge < -0.3 is 10.2 Å². The van der Waals surface area contributed by atoms with E-state index in [4.69, 9.17) is 4.98 Å². The smallest absolute Gasteiger partial charge is 0.128 e. The maximum absolute atomic E-state index is 4.86. The zero-order valence-corrected chi connectivity index (χ0v) is 11.3. The van der Waals surface area contributed by atoms with Gasteiger partial charge in [-0.15, -0.1) is 0 Å². The molecule has 18 heavy (non-hydrogen) atoms. The lowest BCUT2D eigenvalue weighted by molar-refractivity contribution is 0.392. The Labute approximate surface area is 110 Å². The number of aryl methyl sites for hydroxylation is 2. The number of pyridine rings is 1. The lowest BCUT2D eigenvalue weighted by Crippen LogP contribution is -2.37. The van der Waals surface area contributed by atoms with Crippen molar-refractivity contribution < 1.29 is 0 Å². The van der Waals surface area contributed by atoms with Crippen molar-refractivity contribution in [3.05, 3.63) is 23.4 Å². The average Bonchev–Trinajstić information content (AvgIpc) is 2.87. The Balaban J connectivity index is 1.66. The summed E-state index contributed by atoms with van der Waals surface area (Å²) in [5.74, 6) is 2.05. The van der Waals surface area contributed by atoms with Gasteiger partial charge in [-0.1, -0.05) is 6.07 Å². The molecule has 0 amide bonds. The number of fused-ring (bicyclic) bond motifs is 1. The predicted octanol–water partition coefficient (Wildman–Crippen LogP) is 2.01. The summed E-state index contributed by atoms with van der Waals surface area (Å²) in [6.07, 6.45) is 6.28. The van der Waals surface area contributed by atoms with E-state index in [1.165, 1.54) is 49.2 Å². The molecule has 2 heterocycles. The second-order valence-electron chi connectivity index (χ2n) is 5.62. The molecule has 3 rings (SSSR count). The molecule has 3 heteroatoms. The zero-order valence-electron chi connectivity index (χ0n) is 11.3. The van der Waals surface area contributed by atoms with Crippen molar-refractivity contribution >= 4 is 5.82 Å². The zero-order chi connectivity index (χ0) is 12.4. The van der Waals surface area contributed by atoms with Crippen LogP contribution in [0.5, 0.6) is 0 Å². The van der Waals surface area contributed by atoms with E-state index in [1.807, 2.05) is 0 Å².